The van der Waals surface area contributed by atoms with Gasteiger partial charge in [-0.15, -0.1) is 0 Å². The van der Waals surface area contributed by atoms with E-state index in [0.717, 1.165) is 30.3 Å². The van der Waals surface area contributed by atoms with Crippen molar-refractivity contribution >= 4 is 23.0 Å². The van der Waals surface area contributed by atoms with E-state index < -0.39 is 157 Å². The largest absolute Gasteiger partial charge is 0.508 e. The Morgan fingerprint density at radius 2 is 1.34 bits per heavy atom. The third-order valence-corrected chi connectivity index (χ3v) is 10.9. The molecule has 0 radical (unpaired) electrons. The van der Waals surface area contributed by atoms with E-state index in [9.17, 15) is 76.0 Å². The summed E-state index contributed by atoms with van der Waals surface area (Å²) in [7, 11) is 0. The number of phenols is 4. The van der Waals surface area contributed by atoms with Gasteiger partial charge in [0.15, 0.2) is 29.7 Å². The maximum atomic E-state index is 14.0. The van der Waals surface area contributed by atoms with Crippen LogP contribution in [0.3, 0.4) is 0 Å². The van der Waals surface area contributed by atoms with Crippen molar-refractivity contribution in [2.24, 2.45) is 0 Å². The number of aromatic hydroxyl groups is 4. The number of hydrogen-bond donors (Lipinski definition) is 13. The molecular weight excluding hydrogens is 872 g/mol. The summed E-state index contributed by atoms with van der Waals surface area (Å²) in [4.78, 5) is 26.7. The van der Waals surface area contributed by atoms with E-state index in [0.29, 0.717) is 5.56 Å². The van der Waals surface area contributed by atoms with Gasteiger partial charge in [0.25, 0.3) is 0 Å². The van der Waals surface area contributed by atoms with Crippen LogP contribution >= 0.6 is 0 Å². The maximum Gasteiger partial charge on any atom is 0.330 e. The molecule has 7 rings (SSSR count). The van der Waals surface area contributed by atoms with Crippen LogP contribution < -0.4 is 14.9 Å². The van der Waals surface area contributed by atoms with Crippen molar-refractivity contribution in [3.63, 3.8) is 0 Å². The van der Waals surface area contributed by atoms with E-state index in [1.54, 1.807) is 0 Å². The van der Waals surface area contributed by atoms with Crippen molar-refractivity contribution in [1.29, 1.82) is 0 Å². The summed E-state index contributed by atoms with van der Waals surface area (Å²) in [5.74, 6) is -4.38. The van der Waals surface area contributed by atoms with Crippen LogP contribution in [0.5, 0.6) is 34.5 Å². The normalized spacial score (nSPS) is 32.9. The van der Waals surface area contributed by atoms with Crippen molar-refractivity contribution in [2.45, 2.75) is 99.0 Å². The fourth-order valence-electron chi connectivity index (χ4n) is 7.24. The van der Waals surface area contributed by atoms with Gasteiger partial charge >= 0.3 is 5.97 Å². The second-order valence-corrected chi connectivity index (χ2v) is 15.4. The van der Waals surface area contributed by atoms with E-state index in [-0.39, 0.29) is 16.9 Å². The highest BCUT2D eigenvalue weighted by Crippen LogP contribution is 2.40. The Hall–Kier alpha value is -5.64. The standard InChI is InChI=1S/C42H46O23/c1-15-28(49)34(55)39(42(59-15)64-38-31(52)27-22(47)11-18(44)12-23(27)61-37(38)17-5-8-20(45)21(46)10-17)65-41-36(57)33(54)30(51)25(63-41)14-58-26(48)9-4-16-2-6-19(7-3-16)60-40-35(56)32(53)29(50)24(13-43)62-40/h2-12,15,24-25,28-30,32-36,39-47,49-51,53-57H,13-14H2,1H3. The quantitative estimate of drug-likeness (QED) is 0.0406. The number of carbonyl (C=O) groups is 1. The van der Waals surface area contributed by atoms with Gasteiger partial charge in [0.05, 0.1) is 12.7 Å². The van der Waals surface area contributed by atoms with Crippen LogP contribution in [0.15, 0.2) is 69.9 Å². The number of aliphatic hydroxyl groups excluding tert-OH is 9. The smallest absolute Gasteiger partial charge is 0.330 e. The Kier molecular flexibility index (Phi) is 14.2. The monoisotopic (exact) mass is 918 g/mol. The molecule has 65 heavy (non-hydrogen) atoms. The average Bonchev–Trinajstić information content (AvgIpc) is 3.27. The van der Waals surface area contributed by atoms with Crippen LogP contribution in [0, 0.1) is 0 Å². The fourth-order valence-corrected chi connectivity index (χ4v) is 7.24. The van der Waals surface area contributed by atoms with Crippen LogP contribution in [0.1, 0.15) is 12.5 Å². The minimum absolute atomic E-state index is 0.0768. The molecule has 0 saturated carbocycles. The third kappa shape index (κ3) is 9.83. The van der Waals surface area contributed by atoms with Gasteiger partial charge in [0, 0.05) is 23.8 Å². The van der Waals surface area contributed by atoms with Crippen LogP contribution in [-0.4, -0.2) is 178 Å². The zero-order valence-corrected chi connectivity index (χ0v) is 33.8. The first kappa shape index (κ1) is 47.3. The van der Waals surface area contributed by atoms with Gasteiger partial charge in [-0.2, -0.15) is 0 Å². The molecule has 23 nitrogen and oxygen atoms in total. The fraction of sp³-hybridized carbons (Fsp3) is 0.429. The number of benzene rings is 3. The Bertz CT molecular complexity index is 2400. The van der Waals surface area contributed by atoms with Crippen molar-refractivity contribution < 1.29 is 109 Å². The lowest BCUT2D eigenvalue weighted by Crippen LogP contribution is -2.64. The van der Waals surface area contributed by atoms with Gasteiger partial charge in [-0.05, 0) is 48.9 Å². The number of esters is 1. The molecule has 13 N–H and O–H groups in total. The van der Waals surface area contributed by atoms with Gasteiger partial charge in [0.2, 0.25) is 23.8 Å². The topological polar surface area (TPSA) is 375 Å². The summed E-state index contributed by atoms with van der Waals surface area (Å²) in [5, 5.41) is 134. The first-order chi connectivity index (χ1) is 30.9. The van der Waals surface area contributed by atoms with Gasteiger partial charge in [-0.1, -0.05) is 12.1 Å². The molecule has 3 aromatic carbocycles. The highest BCUT2D eigenvalue weighted by atomic mass is 16.8. The number of aliphatic hydroxyl groups is 9. The van der Waals surface area contributed by atoms with E-state index >= 15 is 0 Å². The van der Waals surface area contributed by atoms with E-state index in [1.165, 1.54) is 43.3 Å². The van der Waals surface area contributed by atoms with Gasteiger partial charge in [-0.3, -0.25) is 4.79 Å². The maximum absolute atomic E-state index is 14.0. The number of carbonyl (C=O) groups excluding carboxylic acids is 1. The molecule has 3 fully saturated rings. The molecular formula is C42H46O23. The SMILES string of the molecule is CC1OC(Oc2c(-c3ccc(O)c(O)c3)oc3cc(O)cc(O)c3c2=O)C(OC2OC(COC(=O)C=Cc3ccc(OC4OC(CO)C(O)C(O)C4O)cc3)C(O)C(O)C2O)C(O)C1O. The summed E-state index contributed by atoms with van der Waals surface area (Å²) in [6.45, 7) is -0.0479. The lowest BCUT2D eigenvalue weighted by molar-refractivity contribution is -0.355. The zero-order chi connectivity index (χ0) is 47.0. The lowest BCUT2D eigenvalue weighted by atomic mass is 9.97. The molecule has 0 spiro atoms. The number of phenolic OH excluding ortho intramolecular Hbond substituents is 4. The molecule has 3 aliphatic heterocycles. The van der Waals surface area contributed by atoms with Crippen molar-refractivity contribution in [1.82, 2.24) is 0 Å². The predicted octanol–water partition coefficient (Wildman–Crippen LogP) is -2.24. The summed E-state index contributed by atoms with van der Waals surface area (Å²) < 4.78 is 45.2. The molecule has 0 amide bonds. The Balaban J connectivity index is 1.05. The highest BCUT2D eigenvalue weighted by molar-refractivity contribution is 5.88. The molecule has 4 heterocycles. The van der Waals surface area contributed by atoms with Crippen LogP contribution in [0.4, 0.5) is 0 Å². The van der Waals surface area contributed by atoms with Crippen molar-refractivity contribution in [2.75, 3.05) is 13.2 Å². The number of hydrogen-bond acceptors (Lipinski definition) is 23. The molecule has 3 aliphatic rings. The van der Waals surface area contributed by atoms with Gasteiger partial charge < -0.3 is 104 Å². The molecule has 3 saturated heterocycles. The van der Waals surface area contributed by atoms with Crippen molar-refractivity contribution in [3.05, 3.63) is 76.5 Å². The summed E-state index contributed by atoms with van der Waals surface area (Å²) in [6, 6.07) is 11.0. The number of rotatable bonds is 12. The third-order valence-electron chi connectivity index (χ3n) is 10.9. The number of ether oxygens (including phenoxy) is 7. The molecule has 352 valence electrons. The number of fused-ring (bicyclic) bond motifs is 1. The van der Waals surface area contributed by atoms with Gasteiger partial charge in [0.1, 0.15) is 95.9 Å². The summed E-state index contributed by atoms with van der Waals surface area (Å²) >= 11 is 0. The molecule has 23 heteroatoms. The average molecular weight is 919 g/mol. The van der Waals surface area contributed by atoms with Crippen LogP contribution in [0.25, 0.3) is 28.4 Å². The second-order valence-electron chi connectivity index (χ2n) is 15.4. The Labute approximate surface area is 365 Å². The van der Waals surface area contributed by atoms with Crippen LogP contribution in [-0.2, 0) is 28.5 Å². The minimum Gasteiger partial charge on any atom is -0.508 e. The van der Waals surface area contributed by atoms with Crippen molar-refractivity contribution in [3.8, 4) is 45.8 Å². The van der Waals surface area contributed by atoms with E-state index in [4.69, 9.17) is 37.6 Å². The Morgan fingerprint density at radius 3 is 2.02 bits per heavy atom. The molecule has 1 aromatic heterocycles. The lowest BCUT2D eigenvalue weighted by Gasteiger charge is -2.45. The molecule has 0 aliphatic carbocycles. The summed E-state index contributed by atoms with van der Waals surface area (Å²) in [5.41, 5.74) is -1.04. The highest BCUT2D eigenvalue weighted by Gasteiger charge is 2.51. The molecule has 4 aromatic rings. The first-order valence-electron chi connectivity index (χ1n) is 19.9. The van der Waals surface area contributed by atoms with E-state index in [1.807, 2.05) is 0 Å². The predicted molar refractivity (Wildman–Crippen MR) is 214 cm³/mol. The van der Waals surface area contributed by atoms with E-state index in [2.05, 4.69) is 0 Å². The van der Waals surface area contributed by atoms with Gasteiger partial charge in [-0.25, -0.2) is 4.79 Å². The molecule has 0 bridgehead atoms. The van der Waals surface area contributed by atoms with Crippen LogP contribution in [0.2, 0.25) is 0 Å². The summed E-state index contributed by atoms with van der Waals surface area (Å²) in [6.07, 6.45) is -23.3. The Morgan fingerprint density at radius 1 is 0.677 bits per heavy atom. The zero-order valence-electron chi connectivity index (χ0n) is 33.8. The second kappa shape index (κ2) is 19.4. The minimum atomic E-state index is -2.06. The molecule has 15 atom stereocenters. The first-order valence-corrected chi connectivity index (χ1v) is 19.9. The molecule has 15 unspecified atom stereocenters.